The number of nitrogens with zero attached hydrogens (tertiary/aromatic N) is 4. The zero-order valence-electron chi connectivity index (χ0n) is 18.7. The van der Waals surface area contributed by atoms with Gasteiger partial charge in [0.25, 0.3) is 0 Å². The van der Waals surface area contributed by atoms with Crippen molar-refractivity contribution < 1.29 is 14.1 Å². The van der Waals surface area contributed by atoms with Gasteiger partial charge in [0.05, 0.1) is 10.0 Å². The van der Waals surface area contributed by atoms with Gasteiger partial charge in [0, 0.05) is 20.6 Å². The van der Waals surface area contributed by atoms with Crippen molar-refractivity contribution in [3.8, 4) is 11.4 Å². The predicted molar refractivity (Wildman–Crippen MR) is 141 cm³/mol. The lowest BCUT2D eigenvalue weighted by Crippen LogP contribution is -2.12. The first-order valence-electron chi connectivity index (χ1n) is 10.5. The van der Waals surface area contributed by atoms with Crippen LogP contribution in [-0.2, 0) is 6.61 Å². The highest BCUT2D eigenvalue weighted by molar-refractivity contribution is 9.10. The minimum absolute atomic E-state index is 0.187. The van der Waals surface area contributed by atoms with E-state index in [4.69, 9.17) is 27.9 Å². The van der Waals surface area contributed by atoms with Gasteiger partial charge < -0.3 is 4.74 Å². The fourth-order valence-corrected chi connectivity index (χ4v) is 5.35. The maximum absolute atomic E-state index is 13.5. The third kappa shape index (κ3) is 6.36. The minimum atomic E-state index is -0.663. The Kier molecular flexibility index (Phi) is 8.50. The maximum atomic E-state index is 13.5. The molecule has 0 saturated heterocycles. The van der Waals surface area contributed by atoms with Gasteiger partial charge in [-0.2, -0.15) is 0 Å². The minimum Gasteiger partial charge on any atom is -0.489 e. The fourth-order valence-electron chi connectivity index (χ4n) is 3.46. The van der Waals surface area contributed by atoms with E-state index in [1.807, 2.05) is 0 Å². The lowest BCUT2D eigenvalue weighted by atomic mass is 10.1. The fraction of sp³-hybridized carbons (Fsp3) is 0.167. The highest BCUT2D eigenvalue weighted by atomic mass is 79.9. The summed E-state index contributed by atoms with van der Waals surface area (Å²) < 4.78 is 22.0. The first kappa shape index (κ1) is 26.4. The molecule has 0 fully saturated rings. The summed E-state index contributed by atoms with van der Waals surface area (Å²) in [6.45, 7) is 1.56. The van der Waals surface area contributed by atoms with Crippen molar-refractivity contribution in [3.05, 3.63) is 108 Å². The molecule has 0 saturated carbocycles. The van der Waals surface area contributed by atoms with Gasteiger partial charge in [-0.1, -0.05) is 57.0 Å². The van der Waals surface area contributed by atoms with E-state index in [9.17, 15) is 14.5 Å². The van der Waals surface area contributed by atoms with Crippen LogP contribution >= 0.6 is 50.9 Å². The van der Waals surface area contributed by atoms with E-state index in [1.165, 1.54) is 23.9 Å². The lowest BCUT2D eigenvalue weighted by Gasteiger charge is -2.18. The van der Waals surface area contributed by atoms with Crippen LogP contribution in [0.1, 0.15) is 22.2 Å². The molecule has 0 unspecified atom stereocenters. The molecule has 4 aromatic rings. The van der Waals surface area contributed by atoms with Crippen molar-refractivity contribution in [3.63, 3.8) is 0 Å². The molecular formula is C24H18BrCl2FN4O3S. The molecule has 36 heavy (non-hydrogen) atoms. The second-order valence-corrected chi connectivity index (χ2v) is 10.6. The Bertz CT molecular complexity index is 1400. The second kappa shape index (κ2) is 11.6. The van der Waals surface area contributed by atoms with Crippen LogP contribution < -0.4 is 4.74 Å². The topological polar surface area (TPSA) is 83.1 Å². The van der Waals surface area contributed by atoms with Crippen molar-refractivity contribution in [1.29, 1.82) is 0 Å². The molecule has 0 spiro atoms. The van der Waals surface area contributed by atoms with Crippen molar-refractivity contribution in [2.45, 2.75) is 23.9 Å². The van der Waals surface area contributed by atoms with Crippen LogP contribution in [0.15, 0.2) is 70.3 Å². The Hall–Kier alpha value is -2.66. The van der Waals surface area contributed by atoms with Crippen LogP contribution in [0.5, 0.6) is 5.75 Å². The van der Waals surface area contributed by atoms with Crippen molar-refractivity contribution in [2.75, 3.05) is 6.54 Å². The zero-order valence-corrected chi connectivity index (χ0v) is 22.6. The molecule has 12 heteroatoms. The Balaban J connectivity index is 1.67. The number of rotatable bonds is 9. The Labute approximate surface area is 228 Å². The molecular weight excluding hydrogens is 594 g/mol. The first-order valence-corrected chi connectivity index (χ1v) is 13.0. The molecule has 1 aromatic heterocycles. The Morgan fingerprint density at radius 2 is 1.86 bits per heavy atom. The lowest BCUT2D eigenvalue weighted by molar-refractivity contribution is -0.479. The van der Waals surface area contributed by atoms with E-state index in [0.29, 0.717) is 38.0 Å². The molecule has 1 heterocycles. The number of nitro groups is 1. The third-order valence-electron chi connectivity index (χ3n) is 5.14. The summed E-state index contributed by atoms with van der Waals surface area (Å²) in [5, 5.41) is 20.6. The van der Waals surface area contributed by atoms with Gasteiger partial charge in [0.15, 0.2) is 5.16 Å². The predicted octanol–water partition coefficient (Wildman–Crippen LogP) is 7.47. The number of benzene rings is 3. The molecule has 7 nitrogen and oxygen atoms in total. The van der Waals surface area contributed by atoms with E-state index in [2.05, 4.69) is 26.1 Å². The number of aryl methyl sites for hydroxylation is 1. The molecule has 0 aliphatic heterocycles. The van der Waals surface area contributed by atoms with Crippen molar-refractivity contribution in [1.82, 2.24) is 14.8 Å². The summed E-state index contributed by atoms with van der Waals surface area (Å²) in [5.74, 6) is 0.672. The molecule has 0 amide bonds. The number of aromatic nitrogens is 3. The first-order chi connectivity index (χ1) is 17.2. The summed E-state index contributed by atoms with van der Waals surface area (Å²) in [5.41, 5.74) is 2.05. The Morgan fingerprint density at radius 3 is 2.56 bits per heavy atom. The van der Waals surface area contributed by atoms with E-state index in [0.717, 1.165) is 10.0 Å². The standard InChI is InChI=1S/C24H18BrCl2FN4O3S/c1-14-29-30-24(32(14)18-6-4-17(28)5-7-18)36-23(12-31(33)34)19-11-16(25)3-9-22(19)35-13-15-2-8-20(26)21(27)10-15/h2-11,23H,12-13H2,1H3/t23-/m0/s1. The summed E-state index contributed by atoms with van der Waals surface area (Å²) in [6, 6.07) is 16.4. The maximum Gasteiger partial charge on any atom is 0.220 e. The van der Waals surface area contributed by atoms with E-state index < -0.39 is 5.25 Å². The summed E-state index contributed by atoms with van der Waals surface area (Å²) in [4.78, 5) is 11.3. The van der Waals surface area contributed by atoms with Gasteiger partial charge >= 0.3 is 0 Å². The van der Waals surface area contributed by atoms with Crippen LogP contribution in [-0.4, -0.2) is 26.2 Å². The number of hydrogen-bond acceptors (Lipinski definition) is 6. The molecule has 1 atom stereocenters. The molecule has 4 rings (SSSR count). The zero-order chi connectivity index (χ0) is 25.8. The molecule has 0 N–H and O–H groups in total. The molecule has 3 aromatic carbocycles. The summed E-state index contributed by atoms with van der Waals surface area (Å²) in [7, 11) is 0. The van der Waals surface area contributed by atoms with Crippen LogP contribution in [0.4, 0.5) is 4.39 Å². The van der Waals surface area contributed by atoms with Crippen molar-refractivity contribution in [2.24, 2.45) is 0 Å². The van der Waals surface area contributed by atoms with Gasteiger partial charge in [0.1, 0.15) is 29.2 Å². The number of thioether (sulfide) groups is 1. The van der Waals surface area contributed by atoms with Crippen LogP contribution in [0, 0.1) is 22.9 Å². The average Bonchev–Trinajstić information content (AvgIpc) is 3.20. The van der Waals surface area contributed by atoms with Crippen LogP contribution in [0.25, 0.3) is 5.69 Å². The van der Waals surface area contributed by atoms with Gasteiger partial charge in [0.2, 0.25) is 6.54 Å². The van der Waals surface area contributed by atoms with Gasteiger partial charge in [-0.15, -0.1) is 10.2 Å². The number of halogens is 4. The smallest absolute Gasteiger partial charge is 0.220 e. The number of hydrogen-bond donors (Lipinski definition) is 0. The summed E-state index contributed by atoms with van der Waals surface area (Å²) >= 11 is 16.7. The largest absolute Gasteiger partial charge is 0.489 e. The molecule has 0 bridgehead atoms. The quantitative estimate of drug-likeness (QED) is 0.111. The average molecular weight is 612 g/mol. The highest BCUT2D eigenvalue weighted by Crippen LogP contribution is 2.41. The van der Waals surface area contributed by atoms with E-state index in [-0.39, 0.29) is 23.9 Å². The number of ether oxygens (including phenoxy) is 1. The molecule has 0 aliphatic carbocycles. The van der Waals surface area contributed by atoms with Crippen molar-refractivity contribution >= 4 is 50.9 Å². The second-order valence-electron chi connectivity index (χ2n) is 7.68. The van der Waals surface area contributed by atoms with E-state index in [1.54, 1.807) is 60.0 Å². The van der Waals surface area contributed by atoms with Gasteiger partial charge in [-0.05, 0) is 67.1 Å². The van der Waals surface area contributed by atoms with Crippen LogP contribution in [0.2, 0.25) is 10.0 Å². The summed E-state index contributed by atoms with van der Waals surface area (Å²) in [6.07, 6.45) is 0. The van der Waals surface area contributed by atoms with Gasteiger partial charge in [-0.3, -0.25) is 14.7 Å². The third-order valence-corrected chi connectivity index (χ3v) is 7.53. The van der Waals surface area contributed by atoms with Gasteiger partial charge in [-0.25, -0.2) is 4.39 Å². The SMILES string of the molecule is Cc1nnc(S[C@@H](C[N+](=O)[O-])c2cc(Br)ccc2OCc2ccc(Cl)c(Cl)c2)n1-c1ccc(F)cc1. The monoisotopic (exact) mass is 610 g/mol. The molecule has 186 valence electrons. The molecule has 0 radical (unpaired) electrons. The Morgan fingerprint density at radius 1 is 1.11 bits per heavy atom. The highest BCUT2D eigenvalue weighted by Gasteiger charge is 2.27. The molecule has 0 aliphatic rings. The van der Waals surface area contributed by atoms with Crippen LogP contribution in [0.3, 0.4) is 0 Å². The normalized spacial score (nSPS) is 11.9. The van der Waals surface area contributed by atoms with E-state index >= 15 is 0 Å².